The number of aromatic nitrogens is 3. The molecule has 0 unspecified atom stereocenters. The molecule has 6 heteroatoms. The summed E-state index contributed by atoms with van der Waals surface area (Å²) in [5, 5.41) is 24.0. The van der Waals surface area contributed by atoms with E-state index in [0.717, 1.165) is 11.4 Å². The molecule has 18 heavy (non-hydrogen) atoms. The first-order valence-electron chi connectivity index (χ1n) is 5.05. The molecule has 6 nitrogen and oxygen atoms in total. The number of allylic oxidation sites excluding steroid dienone is 1. The van der Waals surface area contributed by atoms with Gasteiger partial charge in [-0.15, -0.1) is 0 Å². The zero-order valence-electron chi connectivity index (χ0n) is 9.28. The second-order valence-corrected chi connectivity index (χ2v) is 3.31. The largest absolute Gasteiger partial charge is 0.360 e. The molecule has 0 saturated carbocycles. The van der Waals surface area contributed by atoms with Crippen LogP contribution in [-0.2, 0) is 0 Å². The van der Waals surface area contributed by atoms with Crippen molar-refractivity contribution >= 4 is 5.69 Å². The van der Waals surface area contributed by atoms with E-state index in [0.29, 0.717) is 0 Å². The van der Waals surface area contributed by atoms with Crippen LogP contribution < -0.4 is 5.32 Å². The van der Waals surface area contributed by atoms with Crippen LogP contribution in [-0.4, -0.2) is 14.8 Å². The molecule has 0 aliphatic carbocycles. The first-order chi connectivity index (χ1) is 8.83. The third-order valence-corrected chi connectivity index (χ3v) is 2.17. The van der Waals surface area contributed by atoms with Crippen molar-refractivity contribution < 1.29 is 0 Å². The normalized spacial score (nSPS) is 9.00. The van der Waals surface area contributed by atoms with Crippen molar-refractivity contribution in [3.63, 3.8) is 0 Å². The summed E-state index contributed by atoms with van der Waals surface area (Å²) < 4.78 is 1.63. The van der Waals surface area contributed by atoms with Crippen LogP contribution >= 0.6 is 0 Å². The minimum atomic E-state index is 0.0235. The highest BCUT2D eigenvalue weighted by molar-refractivity contribution is 5.52. The summed E-state index contributed by atoms with van der Waals surface area (Å²) in [5.74, 6) is 0. The van der Waals surface area contributed by atoms with Gasteiger partial charge in [0.1, 0.15) is 30.4 Å². The maximum absolute atomic E-state index is 8.57. The molecule has 0 saturated heterocycles. The summed E-state index contributed by atoms with van der Waals surface area (Å²) in [6.07, 6.45) is 4.43. The number of anilines is 1. The molecule has 0 fully saturated rings. The van der Waals surface area contributed by atoms with E-state index >= 15 is 0 Å². The number of nitrogens with zero attached hydrogens (tertiary/aromatic N) is 5. The van der Waals surface area contributed by atoms with Gasteiger partial charge < -0.3 is 5.32 Å². The predicted molar refractivity (Wildman–Crippen MR) is 64.3 cm³/mol. The molecule has 1 N–H and O–H groups in total. The number of hydrogen-bond donors (Lipinski definition) is 1. The topological polar surface area (TPSA) is 90.3 Å². The molecule has 0 radical (unpaired) electrons. The predicted octanol–water partition coefficient (Wildman–Crippen LogP) is 1.61. The Balaban J connectivity index is 2.12. The molecule has 0 amide bonds. The second-order valence-electron chi connectivity index (χ2n) is 3.31. The summed E-state index contributed by atoms with van der Waals surface area (Å²) in [4.78, 5) is 3.86. The molecule has 86 valence electrons. The maximum Gasteiger partial charge on any atom is 0.145 e. The monoisotopic (exact) mass is 236 g/mol. The van der Waals surface area contributed by atoms with Gasteiger partial charge in [-0.05, 0) is 24.3 Å². The van der Waals surface area contributed by atoms with Gasteiger partial charge in [-0.2, -0.15) is 15.6 Å². The van der Waals surface area contributed by atoms with E-state index in [1.54, 1.807) is 23.1 Å². The van der Waals surface area contributed by atoms with E-state index in [2.05, 4.69) is 15.4 Å². The maximum atomic E-state index is 8.57. The van der Waals surface area contributed by atoms with E-state index < -0.39 is 0 Å². The number of nitrogens with one attached hydrogen (secondary N) is 1. The summed E-state index contributed by atoms with van der Waals surface area (Å²) in [5.41, 5.74) is 1.68. The number of benzene rings is 1. The molecule has 0 atom stereocenters. The van der Waals surface area contributed by atoms with Crippen molar-refractivity contribution in [2.24, 2.45) is 0 Å². The minimum Gasteiger partial charge on any atom is -0.360 e. The van der Waals surface area contributed by atoms with Gasteiger partial charge in [-0.3, -0.25) is 0 Å². The third kappa shape index (κ3) is 2.52. The third-order valence-electron chi connectivity index (χ3n) is 2.17. The summed E-state index contributed by atoms with van der Waals surface area (Å²) in [6.45, 7) is 0. The van der Waals surface area contributed by atoms with E-state index in [-0.39, 0.29) is 5.57 Å². The van der Waals surface area contributed by atoms with Crippen LogP contribution in [0.4, 0.5) is 5.69 Å². The average Bonchev–Trinajstić information content (AvgIpc) is 2.94. The lowest BCUT2D eigenvalue weighted by atomic mass is 10.3. The van der Waals surface area contributed by atoms with Gasteiger partial charge in [0.25, 0.3) is 0 Å². The highest BCUT2D eigenvalue weighted by atomic mass is 15.3. The van der Waals surface area contributed by atoms with E-state index in [1.807, 2.05) is 24.3 Å². The van der Waals surface area contributed by atoms with E-state index in [9.17, 15) is 0 Å². The smallest absolute Gasteiger partial charge is 0.145 e. The molecule has 2 rings (SSSR count). The van der Waals surface area contributed by atoms with Gasteiger partial charge in [0.15, 0.2) is 0 Å². The zero-order chi connectivity index (χ0) is 12.8. The first kappa shape index (κ1) is 11.4. The fourth-order valence-corrected chi connectivity index (χ4v) is 1.30. The van der Waals surface area contributed by atoms with Crippen LogP contribution in [0.25, 0.3) is 5.69 Å². The van der Waals surface area contributed by atoms with Gasteiger partial charge in [0, 0.05) is 11.9 Å². The molecule has 1 heterocycles. The second kappa shape index (κ2) is 5.28. The van der Waals surface area contributed by atoms with Gasteiger partial charge in [-0.25, -0.2) is 9.67 Å². The Hall–Kier alpha value is -3.12. The highest BCUT2D eigenvalue weighted by Gasteiger charge is 1.97. The molecular formula is C12H8N6. The fraction of sp³-hybridized carbons (Fsp3) is 0. The molecule has 0 aliphatic rings. The Morgan fingerprint density at radius 3 is 2.50 bits per heavy atom. The summed E-state index contributed by atoms with van der Waals surface area (Å²) in [7, 11) is 0. The van der Waals surface area contributed by atoms with Gasteiger partial charge in [0.2, 0.25) is 0 Å². The van der Waals surface area contributed by atoms with Crippen LogP contribution in [0.2, 0.25) is 0 Å². The lowest BCUT2D eigenvalue weighted by Gasteiger charge is -2.03. The molecule has 0 bridgehead atoms. The van der Waals surface area contributed by atoms with Crippen LogP contribution in [0.1, 0.15) is 0 Å². The van der Waals surface area contributed by atoms with Gasteiger partial charge in [0.05, 0.1) is 5.69 Å². The quantitative estimate of drug-likeness (QED) is 0.817. The lowest BCUT2D eigenvalue weighted by Crippen LogP contribution is -1.95. The van der Waals surface area contributed by atoms with Gasteiger partial charge in [-0.1, -0.05) is 0 Å². The zero-order valence-corrected chi connectivity index (χ0v) is 9.28. The molecule has 1 aromatic carbocycles. The number of nitriles is 2. The van der Waals surface area contributed by atoms with Crippen molar-refractivity contribution in [3.8, 4) is 17.8 Å². The van der Waals surface area contributed by atoms with Crippen molar-refractivity contribution in [1.82, 2.24) is 14.8 Å². The Bertz CT molecular complexity index is 609. The average molecular weight is 236 g/mol. The van der Waals surface area contributed by atoms with Crippen LogP contribution in [0.5, 0.6) is 0 Å². The fourth-order valence-electron chi connectivity index (χ4n) is 1.30. The highest BCUT2D eigenvalue weighted by Crippen LogP contribution is 2.12. The molecule has 1 aromatic heterocycles. The Morgan fingerprint density at radius 1 is 1.22 bits per heavy atom. The van der Waals surface area contributed by atoms with Crippen LogP contribution in [0.3, 0.4) is 0 Å². The van der Waals surface area contributed by atoms with Crippen molar-refractivity contribution in [1.29, 1.82) is 10.5 Å². The Labute approximate surface area is 103 Å². The van der Waals surface area contributed by atoms with Crippen LogP contribution in [0, 0.1) is 22.7 Å². The standard InChI is InChI=1S/C12H8N6/c13-5-10(6-14)7-16-11-1-3-12(4-2-11)18-9-15-8-17-18/h1-4,7-9,16H. The van der Waals surface area contributed by atoms with E-state index in [4.69, 9.17) is 10.5 Å². The SMILES string of the molecule is N#CC(C#N)=CNc1ccc(-n2cncn2)cc1. The van der Waals surface area contributed by atoms with Gasteiger partial charge >= 0.3 is 0 Å². The molecule has 0 aliphatic heterocycles. The van der Waals surface area contributed by atoms with Crippen molar-refractivity contribution in [2.45, 2.75) is 0 Å². The van der Waals surface area contributed by atoms with Crippen LogP contribution in [0.15, 0.2) is 48.7 Å². The summed E-state index contributed by atoms with van der Waals surface area (Å²) >= 11 is 0. The lowest BCUT2D eigenvalue weighted by molar-refractivity contribution is 0.879. The number of hydrogen-bond acceptors (Lipinski definition) is 5. The minimum absolute atomic E-state index is 0.0235. The van der Waals surface area contributed by atoms with Crippen molar-refractivity contribution in [3.05, 3.63) is 48.7 Å². The Morgan fingerprint density at radius 2 is 1.94 bits per heavy atom. The van der Waals surface area contributed by atoms with Crippen molar-refractivity contribution in [2.75, 3.05) is 5.32 Å². The Kier molecular flexibility index (Phi) is 3.34. The summed E-state index contributed by atoms with van der Waals surface area (Å²) in [6, 6.07) is 10.9. The first-order valence-corrected chi connectivity index (χ1v) is 5.05. The molecule has 2 aromatic rings. The molecular weight excluding hydrogens is 228 g/mol. The van der Waals surface area contributed by atoms with E-state index in [1.165, 1.54) is 12.5 Å². The molecule has 0 spiro atoms. The number of rotatable bonds is 3.